The number of ether oxygens (including phenoxy) is 1. The van der Waals surface area contributed by atoms with E-state index in [2.05, 4.69) is 14.9 Å². The topological polar surface area (TPSA) is 42.2 Å². The van der Waals surface area contributed by atoms with E-state index >= 15 is 0 Å². The molecule has 0 fully saturated rings. The van der Waals surface area contributed by atoms with Crippen molar-refractivity contribution in [2.24, 2.45) is 0 Å². The van der Waals surface area contributed by atoms with Crippen molar-refractivity contribution in [2.75, 3.05) is 7.11 Å². The molecule has 3 radical (unpaired) electrons. The molecule has 0 saturated heterocycles. The number of rotatable bonds is 3. The predicted octanol–water partition coefficient (Wildman–Crippen LogP) is 1.50. The van der Waals surface area contributed by atoms with Gasteiger partial charge in [0.15, 0.2) is 17.7 Å². The van der Waals surface area contributed by atoms with E-state index in [0.29, 0.717) is 5.56 Å². The Hall–Kier alpha value is -1.38. The highest BCUT2D eigenvalue weighted by Gasteiger charge is 2.11. The van der Waals surface area contributed by atoms with Gasteiger partial charge < -0.3 is 9.16 Å². The molecule has 1 aromatic carbocycles. The van der Waals surface area contributed by atoms with Gasteiger partial charge in [0.05, 0.1) is 13.2 Å². The number of methoxy groups -OCH3 is 1. The average Bonchev–Trinajstić information content (AvgIpc) is 2.20. The summed E-state index contributed by atoms with van der Waals surface area (Å²) in [5.74, 6) is -0.381. The molecule has 3 nitrogen and oxygen atoms in total. The van der Waals surface area contributed by atoms with E-state index in [1.54, 1.807) is 6.07 Å². The summed E-state index contributed by atoms with van der Waals surface area (Å²) in [6, 6.07) is 6.07. The minimum absolute atomic E-state index is 0.138. The molecular formula is C9H7FNO2Si. The fourth-order valence-corrected chi connectivity index (χ4v) is 1.20. The minimum atomic E-state index is -0.827. The molecule has 1 rings (SSSR count). The van der Waals surface area contributed by atoms with Gasteiger partial charge in [-0.25, -0.2) is 4.39 Å². The van der Waals surface area contributed by atoms with Gasteiger partial charge in [0.1, 0.15) is 0 Å². The van der Waals surface area contributed by atoms with Gasteiger partial charge in [-0.2, -0.15) is 5.26 Å². The molecule has 0 N–H and O–H groups in total. The molecule has 0 aliphatic heterocycles. The van der Waals surface area contributed by atoms with Gasteiger partial charge in [0.25, 0.3) is 0 Å². The monoisotopic (exact) mass is 208 g/mol. The zero-order valence-electron chi connectivity index (χ0n) is 7.45. The Morgan fingerprint density at radius 1 is 1.57 bits per heavy atom. The van der Waals surface area contributed by atoms with Crippen LogP contribution in [0.15, 0.2) is 18.2 Å². The molecule has 1 unspecified atom stereocenters. The summed E-state index contributed by atoms with van der Waals surface area (Å²) in [6.07, 6.45) is -0.827. The van der Waals surface area contributed by atoms with Crippen molar-refractivity contribution < 1.29 is 13.6 Å². The fraction of sp³-hybridized carbons (Fsp3) is 0.222. The SMILES string of the molecule is COc1ccc(C(C#N)O[Si])cc1F. The Kier molecular flexibility index (Phi) is 3.62. The van der Waals surface area contributed by atoms with Gasteiger partial charge in [-0.05, 0) is 17.7 Å². The first-order chi connectivity index (χ1) is 6.72. The summed E-state index contributed by atoms with van der Waals surface area (Å²) in [4.78, 5) is 0. The third-order valence-corrected chi connectivity index (χ3v) is 1.95. The number of hydrogen-bond acceptors (Lipinski definition) is 3. The molecule has 0 aliphatic rings. The summed E-state index contributed by atoms with van der Waals surface area (Å²) in [7, 11) is 4.12. The first-order valence-corrected chi connectivity index (χ1v) is 4.19. The second kappa shape index (κ2) is 4.74. The van der Waals surface area contributed by atoms with Crippen LogP contribution in [0.1, 0.15) is 11.7 Å². The van der Waals surface area contributed by atoms with Crippen LogP contribution in [-0.4, -0.2) is 17.6 Å². The second-order valence-electron chi connectivity index (χ2n) is 2.52. The maximum Gasteiger partial charge on any atom is 0.248 e. The van der Waals surface area contributed by atoms with Crippen molar-refractivity contribution in [3.63, 3.8) is 0 Å². The van der Waals surface area contributed by atoms with E-state index in [1.165, 1.54) is 19.2 Å². The van der Waals surface area contributed by atoms with Gasteiger partial charge in [0, 0.05) is 0 Å². The van der Waals surface area contributed by atoms with E-state index in [9.17, 15) is 4.39 Å². The lowest BCUT2D eigenvalue weighted by Crippen LogP contribution is -2.00. The summed E-state index contributed by atoms with van der Waals surface area (Å²) >= 11 is 0. The van der Waals surface area contributed by atoms with E-state index in [-0.39, 0.29) is 5.75 Å². The van der Waals surface area contributed by atoms with Crippen LogP contribution >= 0.6 is 0 Å². The van der Waals surface area contributed by atoms with Gasteiger partial charge >= 0.3 is 0 Å². The van der Waals surface area contributed by atoms with Crippen molar-refractivity contribution >= 4 is 10.5 Å². The van der Waals surface area contributed by atoms with Crippen molar-refractivity contribution in [3.8, 4) is 11.8 Å². The van der Waals surface area contributed by atoms with Crippen molar-refractivity contribution in [2.45, 2.75) is 6.10 Å². The van der Waals surface area contributed by atoms with Gasteiger partial charge in [-0.15, -0.1) is 0 Å². The Labute approximate surface area is 84.6 Å². The zero-order valence-corrected chi connectivity index (χ0v) is 8.45. The maximum absolute atomic E-state index is 13.2. The average molecular weight is 208 g/mol. The molecule has 1 atom stereocenters. The number of hydrogen-bond donors (Lipinski definition) is 0. The predicted molar refractivity (Wildman–Crippen MR) is 48.1 cm³/mol. The lowest BCUT2D eigenvalue weighted by atomic mass is 10.1. The summed E-state index contributed by atoms with van der Waals surface area (Å²) in [5.41, 5.74) is 0.431. The second-order valence-corrected chi connectivity index (χ2v) is 2.76. The van der Waals surface area contributed by atoms with E-state index in [0.717, 1.165) is 0 Å². The van der Waals surface area contributed by atoms with Crippen molar-refractivity contribution in [3.05, 3.63) is 29.6 Å². The van der Waals surface area contributed by atoms with Crippen LogP contribution in [0.25, 0.3) is 0 Å². The van der Waals surface area contributed by atoms with Gasteiger partial charge in [0.2, 0.25) is 10.5 Å². The lowest BCUT2D eigenvalue weighted by Gasteiger charge is -2.08. The lowest BCUT2D eigenvalue weighted by molar-refractivity contribution is 0.288. The first-order valence-electron chi connectivity index (χ1n) is 3.78. The standard InChI is InChI=1S/C9H7FNO2Si/c1-12-8-3-2-6(4-7(8)10)9(5-11)13-14/h2-4,9H,1H3. The normalized spacial score (nSPS) is 11.9. The highest BCUT2D eigenvalue weighted by atomic mass is 28.2. The molecule has 0 aliphatic carbocycles. The fourth-order valence-electron chi connectivity index (χ4n) is 1.01. The molecule has 0 spiro atoms. The number of nitrogens with zero attached hydrogens (tertiary/aromatic N) is 1. The summed E-state index contributed by atoms with van der Waals surface area (Å²) in [6.45, 7) is 0. The van der Waals surface area contributed by atoms with Gasteiger partial charge in [-0.3, -0.25) is 0 Å². The van der Waals surface area contributed by atoms with Crippen molar-refractivity contribution in [1.82, 2.24) is 0 Å². The number of nitriles is 1. The van der Waals surface area contributed by atoms with E-state index in [4.69, 9.17) is 10.00 Å². The quantitative estimate of drug-likeness (QED) is 0.707. The molecule has 0 amide bonds. The zero-order chi connectivity index (χ0) is 10.6. The summed E-state index contributed by atoms with van der Waals surface area (Å²) in [5, 5.41) is 8.64. The molecule has 0 heterocycles. The highest BCUT2D eigenvalue weighted by molar-refractivity contribution is 5.98. The van der Waals surface area contributed by atoms with Crippen LogP contribution < -0.4 is 4.74 Å². The first kappa shape index (κ1) is 10.7. The number of halogens is 1. The Bertz CT molecular complexity index is 364. The highest BCUT2D eigenvalue weighted by Crippen LogP contribution is 2.22. The van der Waals surface area contributed by atoms with Crippen LogP contribution in [-0.2, 0) is 4.43 Å². The molecule has 5 heteroatoms. The van der Waals surface area contributed by atoms with Crippen LogP contribution in [0.3, 0.4) is 0 Å². The molecule has 0 saturated carbocycles. The molecule has 0 aromatic heterocycles. The van der Waals surface area contributed by atoms with E-state index < -0.39 is 11.9 Å². The Morgan fingerprint density at radius 2 is 2.29 bits per heavy atom. The molecular weight excluding hydrogens is 201 g/mol. The molecule has 1 aromatic rings. The Morgan fingerprint density at radius 3 is 2.71 bits per heavy atom. The van der Waals surface area contributed by atoms with E-state index in [1.807, 2.05) is 6.07 Å². The van der Waals surface area contributed by atoms with Crippen LogP contribution in [0.2, 0.25) is 0 Å². The minimum Gasteiger partial charge on any atom is -0.494 e. The maximum atomic E-state index is 13.2. The molecule has 14 heavy (non-hydrogen) atoms. The molecule has 71 valence electrons. The number of benzene rings is 1. The largest absolute Gasteiger partial charge is 0.494 e. The smallest absolute Gasteiger partial charge is 0.248 e. The van der Waals surface area contributed by atoms with Crippen LogP contribution in [0.5, 0.6) is 5.75 Å². The summed E-state index contributed by atoms with van der Waals surface area (Å²) < 4.78 is 22.6. The van der Waals surface area contributed by atoms with Gasteiger partial charge in [-0.1, -0.05) is 6.07 Å². The Balaban J connectivity index is 3.03. The van der Waals surface area contributed by atoms with Crippen LogP contribution in [0, 0.1) is 17.1 Å². The van der Waals surface area contributed by atoms with Crippen LogP contribution in [0.4, 0.5) is 4.39 Å². The van der Waals surface area contributed by atoms with Crippen molar-refractivity contribution in [1.29, 1.82) is 5.26 Å². The third kappa shape index (κ3) is 2.10. The molecule has 0 bridgehead atoms. The third-order valence-electron chi connectivity index (χ3n) is 1.71.